The Balaban J connectivity index is 1.42. The van der Waals surface area contributed by atoms with Crippen LogP contribution in [-0.4, -0.2) is 40.0 Å². The summed E-state index contributed by atoms with van der Waals surface area (Å²) in [4.78, 5) is 23.8. The normalized spacial score (nSPS) is 15.8. The number of likely N-dealkylation sites (N-methyl/N-ethyl adjacent to an activating group) is 1. The standard InChI is InChI=1S/C24H27N3O2/c1-17(24(28)27(2)19-8-4-3-5-9-19)29-20-14-12-18(13-15-20)23-16-25-21-10-6-7-11-22(21)26-23/h6-7,10-17,19H,3-5,8-9H2,1-2H3/t17-/m0/s1. The molecule has 29 heavy (non-hydrogen) atoms. The molecule has 1 aliphatic rings. The number of aromatic nitrogens is 2. The van der Waals surface area contributed by atoms with Gasteiger partial charge in [0, 0.05) is 18.7 Å². The maximum Gasteiger partial charge on any atom is 0.263 e. The molecule has 4 rings (SSSR count). The van der Waals surface area contributed by atoms with E-state index in [2.05, 4.69) is 9.97 Å². The van der Waals surface area contributed by atoms with Crippen molar-refractivity contribution in [3.8, 4) is 17.0 Å². The third kappa shape index (κ3) is 4.39. The van der Waals surface area contributed by atoms with Crippen LogP contribution in [0.4, 0.5) is 0 Å². The van der Waals surface area contributed by atoms with Crippen molar-refractivity contribution < 1.29 is 9.53 Å². The Morgan fingerprint density at radius 1 is 1.03 bits per heavy atom. The molecular weight excluding hydrogens is 362 g/mol. The van der Waals surface area contributed by atoms with E-state index in [1.165, 1.54) is 19.3 Å². The summed E-state index contributed by atoms with van der Waals surface area (Å²) in [6, 6.07) is 15.8. The number of carbonyl (C=O) groups excluding carboxylic acids is 1. The van der Waals surface area contributed by atoms with Gasteiger partial charge in [-0.15, -0.1) is 0 Å². The molecule has 1 aliphatic carbocycles. The predicted octanol–water partition coefficient (Wildman–Crippen LogP) is 4.86. The number of para-hydroxylation sites is 2. The molecule has 0 aliphatic heterocycles. The van der Waals surface area contributed by atoms with Gasteiger partial charge in [0.25, 0.3) is 5.91 Å². The summed E-state index contributed by atoms with van der Waals surface area (Å²) in [6.07, 6.45) is 7.15. The van der Waals surface area contributed by atoms with Crippen LogP contribution in [0, 0.1) is 0 Å². The molecule has 0 unspecified atom stereocenters. The second-order valence-corrected chi connectivity index (χ2v) is 7.77. The van der Waals surface area contributed by atoms with Crippen LogP contribution in [0.2, 0.25) is 0 Å². The van der Waals surface area contributed by atoms with E-state index in [1.54, 1.807) is 6.20 Å². The summed E-state index contributed by atoms with van der Waals surface area (Å²) < 4.78 is 5.92. The number of ether oxygens (including phenoxy) is 1. The van der Waals surface area contributed by atoms with E-state index in [-0.39, 0.29) is 5.91 Å². The van der Waals surface area contributed by atoms with E-state index in [0.29, 0.717) is 11.8 Å². The van der Waals surface area contributed by atoms with Gasteiger partial charge in [-0.25, -0.2) is 4.98 Å². The lowest BCUT2D eigenvalue weighted by Gasteiger charge is -2.32. The Bertz CT molecular complexity index is 981. The number of hydrogen-bond donors (Lipinski definition) is 0. The van der Waals surface area contributed by atoms with Crippen molar-refractivity contribution in [1.29, 1.82) is 0 Å². The van der Waals surface area contributed by atoms with Gasteiger partial charge in [-0.1, -0.05) is 31.4 Å². The van der Waals surface area contributed by atoms with Crippen LogP contribution in [0.1, 0.15) is 39.0 Å². The zero-order valence-electron chi connectivity index (χ0n) is 17.0. The Labute approximate surface area is 171 Å². The van der Waals surface area contributed by atoms with Crippen molar-refractivity contribution in [1.82, 2.24) is 14.9 Å². The number of hydrogen-bond acceptors (Lipinski definition) is 4. The van der Waals surface area contributed by atoms with E-state index in [1.807, 2.05) is 67.4 Å². The molecule has 1 atom stereocenters. The Morgan fingerprint density at radius 2 is 1.72 bits per heavy atom. The highest BCUT2D eigenvalue weighted by molar-refractivity contribution is 5.81. The highest BCUT2D eigenvalue weighted by atomic mass is 16.5. The van der Waals surface area contributed by atoms with Crippen LogP contribution >= 0.6 is 0 Å². The van der Waals surface area contributed by atoms with Gasteiger partial charge in [0.15, 0.2) is 6.10 Å². The molecule has 5 nitrogen and oxygen atoms in total. The lowest BCUT2D eigenvalue weighted by Crippen LogP contribution is -2.44. The topological polar surface area (TPSA) is 55.3 Å². The van der Waals surface area contributed by atoms with Gasteiger partial charge in [0.2, 0.25) is 0 Å². The quantitative estimate of drug-likeness (QED) is 0.626. The SMILES string of the molecule is C[C@H](Oc1ccc(-c2cnc3ccccc3n2)cc1)C(=O)N(C)C1CCCCC1. The minimum Gasteiger partial charge on any atom is -0.481 e. The van der Waals surface area contributed by atoms with E-state index < -0.39 is 6.10 Å². The summed E-state index contributed by atoms with van der Waals surface area (Å²) in [5.41, 5.74) is 3.53. The van der Waals surface area contributed by atoms with Crippen molar-refractivity contribution in [2.24, 2.45) is 0 Å². The number of rotatable bonds is 5. The molecule has 0 N–H and O–H groups in total. The minimum absolute atomic E-state index is 0.0429. The van der Waals surface area contributed by atoms with Crippen LogP contribution in [0.25, 0.3) is 22.3 Å². The molecular formula is C24H27N3O2. The first-order valence-corrected chi connectivity index (χ1v) is 10.4. The Morgan fingerprint density at radius 3 is 2.45 bits per heavy atom. The van der Waals surface area contributed by atoms with Gasteiger partial charge in [-0.05, 0) is 56.2 Å². The second-order valence-electron chi connectivity index (χ2n) is 7.77. The lowest BCUT2D eigenvalue weighted by atomic mass is 9.94. The Kier molecular flexibility index (Phi) is 5.74. The molecule has 0 spiro atoms. The molecule has 150 valence electrons. The molecule has 3 aromatic rings. The largest absolute Gasteiger partial charge is 0.481 e. The van der Waals surface area contributed by atoms with E-state index in [0.717, 1.165) is 35.1 Å². The molecule has 0 radical (unpaired) electrons. The number of carbonyl (C=O) groups is 1. The van der Waals surface area contributed by atoms with Crippen LogP contribution < -0.4 is 4.74 Å². The zero-order chi connectivity index (χ0) is 20.2. The monoisotopic (exact) mass is 389 g/mol. The first kappa shape index (κ1) is 19.4. The fourth-order valence-electron chi connectivity index (χ4n) is 3.99. The molecule has 0 bridgehead atoms. The van der Waals surface area contributed by atoms with Gasteiger partial charge >= 0.3 is 0 Å². The summed E-state index contributed by atoms with van der Waals surface area (Å²) in [5.74, 6) is 0.724. The second kappa shape index (κ2) is 8.60. The van der Waals surface area contributed by atoms with Gasteiger partial charge in [0.1, 0.15) is 5.75 Å². The summed E-state index contributed by atoms with van der Waals surface area (Å²) in [7, 11) is 1.90. The highest BCUT2D eigenvalue weighted by Crippen LogP contribution is 2.25. The van der Waals surface area contributed by atoms with Crippen LogP contribution in [0.3, 0.4) is 0 Å². The number of fused-ring (bicyclic) bond motifs is 1. The van der Waals surface area contributed by atoms with E-state index in [4.69, 9.17) is 4.74 Å². The first-order valence-electron chi connectivity index (χ1n) is 10.4. The van der Waals surface area contributed by atoms with E-state index in [9.17, 15) is 4.79 Å². The summed E-state index contributed by atoms with van der Waals surface area (Å²) >= 11 is 0. The molecule has 2 aromatic carbocycles. The van der Waals surface area contributed by atoms with Gasteiger partial charge < -0.3 is 9.64 Å². The predicted molar refractivity (Wildman–Crippen MR) is 115 cm³/mol. The fraction of sp³-hybridized carbons (Fsp3) is 0.375. The van der Waals surface area contributed by atoms with Crippen molar-refractivity contribution >= 4 is 16.9 Å². The fourth-order valence-corrected chi connectivity index (χ4v) is 3.99. The van der Waals surface area contributed by atoms with Crippen LogP contribution in [0.15, 0.2) is 54.7 Å². The molecule has 0 saturated heterocycles. The van der Waals surface area contributed by atoms with Gasteiger partial charge in [0.05, 0.1) is 22.9 Å². The molecule has 5 heteroatoms. The lowest BCUT2D eigenvalue weighted by molar-refractivity contribution is -0.139. The smallest absolute Gasteiger partial charge is 0.263 e. The number of benzene rings is 2. The average Bonchev–Trinajstić information content (AvgIpc) is 2.79. The zero-order valence-corrected chi connectivity index (χ0v) is 17.0. The first-order chi connectivity index (χ1) is 14.1. The average molecular weight is 389 g/mol. The molecule has 1 amide bonds. The van der Waals surface area contributed by atoms with Gasteiger partial charge in [-0.2, -0.15) is 0 Å². The number of amides is 1. The maximum absolute atomic E-state index is 12.7. The molecule has 1 aromatic heterocycles. The third-order valence-electron chi connectivity index (χ3n) is 5.73. The van der Waals surface area contributed by atoms with Crippen LogP contribution in [0.5, 0.6) is 5.75 Å². The molecule has 1 heterocycles. The van der Waals surface area contributed by atoms with Crippen molar-refractivity contribution in [3.05, 3.63) is 54.7 Å². The minimum atomic E-state index is -0.506. The molecule has 1 saturated carbocycles. The maximum atomic E-state index is 12.7. The summed E-state index contributed by atoms with van der Waals surface area (Å²) in [6.45, 7) is 1.82. The third-order valence-corrected chi connectivity index (χ3v) is 5.73. The highest BCUT2D eigenvalue weighted by Gasteiger charge is 2.26. The molecule has 1 fully saturated rings. The Hall–Kier alpha value is -2.95. The summed E-state index contributed by atoms with van der Waals surface area (Å²) in [5, 5.41) is 0. The van der Waals surface area contributed by atoms with Gasteiger partial charge in [-0.3, -0.25) is 9.78 Å². The van der Waals surface area contributed by atoms with Crippen molar-refractivity contribution in [2.75, 3.05) is 7.05 Å². The van der Waals surface area contributed by atoms with Crippen molar-refractivity contribution in [3.63, 3.8) is 0 Å². The van der Waals surface area contributed by atoms with Crippen LogP contribution in [-0.2, 0) is 4.79 Å². The van der Waals surface area contributed by atoms with E-state index >= 15 is 0 Å². The number of nitrogens with zero attached hydrogens (tertiary/aromatic N) is 3. The van der Waals surface area contributed by atoms with Crippen molar-refractivity contribution in [2.45, 2.75) is 51.2 Å².